The van der Waals surface area contributed by atoms with Gasteiger partial charge in [0.2, 0.25) is 0 Å². The van der Waals surface area contributed by atoms with E-state index >= 15 is 0 Å². The second-order valence-electron chi connectivity index (χ2n) is 10.4. The Morgan fingerprint density at radius 1 is 1.12 bits per heavy atom. The summed E-state index contributed by atoms with van der Waals surface area (Å²) in [5.41, 5.74) is 0.932. The minimum absolute atomic E-state index is 0.0684. The van der Waals surface area contributed by atoms with Crippen molar-refractivity contribution in [2.45, 2.75) is 62.9 Å². The summed E-state index contributed by atoms with van der Waals surface area (Å²) in [5, 5.41) is 6.81. The van der Waals surface area contributed by atoms with E-state index in [0.717, 1.165) is 43.9 Å². The Labute approximate surface area is 246 Å². The van der Waals surface area contributed by atoms with E-state index in [1.165, 1.54) is 23.5 Å². The van der Waals surface area contributed by atoms with Crippen molar-refractivity contribution >= 4 is 42.6 Å². The number of hydrogen-bond acceptors (Lipinski definition) is 7. The second kappa shape index (κ2) is 13.1. The average Bonchev–Trinajstić information content (AvgIpc) is 3.23. The Kier molecular flexibility index (Phi) is 9.90. The molecule has 1 fully saturated rings. The van der Waals surface area contributed by atoms with Crippen molar-refractivity contribution in [1.82, 2.24) is 4.90 Å². The summed E-state index contributed by atoms with van der Waals surface area (Å²) in [6.07, 6.45) is -2.79. The first-order chi connectivity index (χ1) is 19.7. The zero-order valence-electron chi connectivity index (χ0n) is 23.3. The molecule has 3 aromatic rings. The molecule has 0 aliphatic carbocycles. The van der Waals surface area contributed by atoms with Crippen LogP contribution in [0.25, 0.3) is 10.1 Å². The fraction of sp³-hybridized carbons (Fsp3) is 0.448. The van der Waals surface area contributed by atoms with Crippen molar-refractivity contribution in [1.29, 1.82) is 0 Å². The number of piperidine rings is 1. The summed E-state index contributed by atoms with van der Waals surface area (Å²) >= 11 is 1.18. The molecule has 2 heterocycles. The van der Waals surface area contributed by atoms with Gasteiger partial charge in [-0.15, -0.1) is 11.3 Å². The van der Waals surface area contributed by atoms with Crippen LogP contribution >= 0.6 is 11.3 Å². The molecule has 2 N–H and O–H groups in total. The highest BCUT2D eigenvalue weighted by atomic mass is 32.2. The number of hydrogen-bond donors (Lipinski definition) is 2. The van der Waals surface area contributed by atoms with E-state index in [2.05, 4.69) is 46.0 Å². The summed E-state index contributed by atoms with van der Waals surface area (Å²) in [5.74, 6) is 5.22. The molecule has 42 heavy (non-hydrogen) atoms. The molecule has 1 aliphatic heterocycles. The first-order valence-electron chi connectivity index (χ1n) is 13.3. The Hall–Kier alpha value is -3.08. The van der Waals surface area contributed by atoms with Gasteiger partial charge < -0.3 is 20.3 Å². The lowest BCUT2D eigenvalue weighted by molar-refractivity contribution is -0.126. The van der Waals surface area contributed by atoms with Crippen LogP contribution in [0.2, 0.25) is 0 Å². The number of alkyl halides is 5. The van der Waals surface area contributed by atoms with Gasteiger partial charge in [0.1, 0.15) is 0 Å². The molecular formula is C29H32F5N3O3S2. The maximum Gasteiger partial charge on any atom is 0.393 e. The third-order valence-electron chi connectivity index (χ3n) is 6.98. The minimum atomic E-state index is -4.45. The SMILES string of the molecule is CC(C)N1CCC(Nc2cccc3c(CC(F)(F)F)c(C#CCNc4ccc(S(C)(=O)=O)cc4OC(F)F)sc23)CC1. The molecule has 2 aromatic carbocycles. The van der Waals surface area contributed by atoms with Gasteiger partial charge in [0.05, 0.1) is 38.8 Å². The van der Waals surface area contributed by atoms with Gasteiger partial charge in [-0.25, -0.2) is 8.42 Å². The van der Waals surface area contributed by atoms with Crippen LogP contribution in [0.3, 0.4) is 0 Å². The van der Waals surface area contributed by atoms with Gasteiger partial charge in [0, 0.05) is 37.5 Å². The van der Waals surface area contributed by atoms with Crippen molar-refractivity contribution in [3.63, 3.8) is 0 Å². The lowest BCUT2D eigenvalue weighted by Gasteiger charge is -2.35. The van der Waals surface area contributed by atoms with Gasteiger partial charge in [-0.3, -0.25) is 0 Å². The molecule has 0 saturated carbocycles. The zero-order valence-corrected chi connectivity index (χ0v) is 25.0. The smallest absolute Gasteiger partial charge is 0.393 e. The number of nitrogens with one attached hydrogen (secondary N) is 2. The van der Waals surface area contributed by atoms with Crippen molar-refractivity contribution in [2.75, 3.05) is 36.5 Å². The molecule has 0 bridgehead atoms. The van der Waals surface area contributed by atoms with Crippen LogP contribution in [-0.2, 0) is 16.3 Å². The largest absolute Gasteiger partial charge is 0.433 e. The molecular weight excluding hydrogens is 597 g/mol. The summed E-state index contributed by atoms with van der Waals surface area (Å²) in [6, 6.07) is 9.43. The normalized spacial score (nSPS) is 15.2. The molecule has 4 rings (SSSR count). The topological polar surface area (TPSA) is 70.7 Å². The molecule has 1 aromatic heterocycles. The molecule has 1 aliphatic rings. The maximum atomic E-state index is 13.6. The molecule has 1 saturated heterocycles. The van der Waals surface area contributed by atoms with E-state index in [1.54, 1.807) is 12.1 Å². The lowest BCUT2D eigenvalue weighted by Crippen LogP contribution is -2.42. The summed E-state index contributed by atoms with van der Waals surface area (Å²) in [7, 11) is -3.67. The number of thiophene rings is 1. The van der Waals surface area contributed by atoms with Crippen LogP contribution in [0.4, 0.5) is 33.3 Å². The van der Waals surface area contributed by atoms with Crippen molar-refractivity contribution < 1.29 is 35.1 Å². The number of halogens is 5. The van der Waals surface area contributed by atoms with E-state index in [9.17, 15) is 30.4 Å². The molecule has 0 unspecified atom stereocenters. The number of ether oxygens (including phenoxy) is 1. The summed E-state index contributed by atoms with van der Waals surface area (Å²) in [6.45, 7) is 2.90. The average molecular weight is 630 g/mol. The monoisotopic (exact) mass is 629 g/mol. The second-order valence-corrected chi connectivity index (χ2v) is 13.4. The van der Waals surface area contributed by atoms with Gasteiger partial charge >= 0.3 is 12.8 Å². The van der Waals surface area contributed by atoms with Gasteiger partial charge in [-0.05, 0) is 55.8 Å². The molecule has 0 radical (unpaired) electrons. The van der Waals surface area contributed by atoms with Crippen LogP contribution in [-0.4, -0.2) is 64.1 Å². The standard InChI is InChI=1S/C29H32F5N3O3S2/c1-18(2)37-14-11-19(12-15-37)36-24-7-4-6-21-22(17-29(32,33)34)26(41-27(21)24)8-5-13-35-23-10-9-20(42(3,38)39)16-25(23)40-28(30)31/h4,6-7,9-10,16,18-19,28,35-36H,11-15,17H2,1-3H3. The van der Waals surface area contributed by atoms with Gasteiger partial charge in [-0.2, -0.15) is 22.0 Å². The highest BCUT2D eigenvalue weighted by Crippen LogP contribution is 2.39. The number of nitrogens with zero attached hydrogens (tertiary/aromatic N) is 1. The lowest BCUT2D eigenvalue weighted by atomic mass is 10.0. The Morgan fingerprint density at radius 3 is 2.45 bits per heavy atom. The number of anilines is 2. The number of likely N-dealkylation sites (tertiary alicyclic amines) is 1. The number of rotatable bonds is 9. The molecule has 13 heteroatoms. The van der Waals surface area contributed by atoms with Gasteiger partial charge in [0.15, 0.2) is 15.6 Å². The first kappa shape index (κ1) is 31.8. The van der Waals surface area contributed by atoms with Crippen molar-refractivity contribution in [2.24, 2.45) is 0 Å². The number of fused-ring (bicyclic) bond motifs is 1. The fourth-order valence-electron chi connectivity index (χ4n) is 4.88. The molecule has 0 atom stereocenters. The number of sulfone groups is 1. The number of benzene rings is 2. The fourth-order valence-corrected chi connectivity index (χ4v) is 6.69. The van der Waals surface area contributed by atoms with E-state index in [4.69, 9.17) is 0 Å². The van der Waals surface area contributed by atoms with Crippen LogP contribution < -0.4 is 15.4 Å². The van der Waals surface area contributed by atoms with Crippen LogP contribution in [0.5, 0.6) is 5.75 Å². The van der Waals surface area contributed by atoms with E-state index in [0.29, 0.717) is 16.1 Å². The molecule has 0 spiro atoms. The van der Waals surface area contributed by atoms with Crippen LogP contribution in [0.1, 0.15) is 37.1 Å². The predicted octanol–water partition coefficient (Wildman–Crippen LogP) is 6.76. The Bertz CT molecular complexity index is 1570. The Balaban J connectivity index is 1.58. The van der Waals surface area contributed by atoms with E-state index in [1.807, 2.05) is 6.07 Å². The third kappa shape index (κ3) is 8.26. The molecule has 0 amide bonds. The van der Waals surface area contributed by atoms with Crippen LogP contribution in [0.15, 0.2) is 41.3 Å². The van der Waals surface area contributed by atoms with Gasteiger partial charge in [-0.1, -0.05) is 24.0 Å². The minimum Gasteiger partial charge on any atom is -0.433 e. The van der Waals surface area contributed by atoms with Crippen LogP contribution in [0, 0.1) is 11.8 Å². The van der Waals surface area contributed by atoms with E-state index in [-0.39, 0.29) is 39.4 Å². The zero-order chi connectivity index (χ0) is 30.7. The van der Waals surface area contributed by atoms with E-state index < -0.39 is 29.0 Å². The van der Waals surface area contributed by atoms with Crippen molar-refractivity contribution in [3.8, 4) is 17.6 Å². The highest BCUT2D eigenvalue weighted by Gasteiger charge is 2.31. The highest BCUT2D eigenvalue weighted by molar-refractivity contribution is 7.90. The van der Waals surface area contributed by atoms with Crippen molar-refractivity contribution in [3.05, 3.63) is 46.8 Å². The maximum absolute atomic E-state index is 13.6. The predicted molar refractivity (Wildman–Crippen MR) is 156 cm³/mol. The molecule has 228 valence electrons. The van der Waals surface area contributed by atoms with Gasteiger partial charge in [0.25, 0.3) is 0 Å². The molecule has 6 nitrogen and oxygen atoms in total. The third-order valence-corrected chi connectivity index (χ3v) is 9.29. The quantitative estimate of drug-likeness (QED) is 0.201. The first-order valence-corrected chi connectivity index (χ1v) is 16.1. The Morgan fingerprint density at radius 2 is 1.83 bits per heavy atom. The summed E-state index contributed by atoms with van der Waals surface area (Å²) < 4.78 is 95.4. The summed E-state index contributed by atoms with van der Waals surface area (Å²) in [4.78, 5) is 2.46.